The van der Waals surface area contributed by atoms with Gasteiger partial charge in [-0.25, -0.2) is 0 Å². The second-order valence-corrected chi connectivity index (χ2v) is 11.5. The fourth-order valence-electron chi connectivity index (χ4n) is 3.98. The molecule has 1 N–H and O–H groups in total. The first-order valence-corrected chi connectivity index (χ1v) is 16.9. The molecule has 0 radical (unpaired) electrons. The van der Waals surface area contributed by atoms with Crippen LogP contribution in [0.1, 0.15) is 91.4 Å². The van der Waals surface area contributed by atoms with Crippen molar-refractivity contribution in [3.8, 4) is 0 Å². The van der Waals surface area contributed by atoms with E-state index in [0.717, 1.165) is 19.6 Å². The van der Waals surface area contributed by atoms with Crippen LogP contribution in [0.3, 0.4) is 0 Å². The molecular formula is C33H68O10. The third kappa shape index (κ3) is 41.6. The van der Waals surface area contributed by atoms with E-state index in [4.69, 9.17) is 47.7 Å². The zero-order valence-corrected chi connectivity index (χ0v) is 28.1. The smallest absolute Gasteiger partial charge is 0.0701 e. The molecule has 0 aliphatic rings. The van der Waals surface area contributed by atoms with Gasteiger partial charge in [-0.05, 0) is 33.6 Å². The molecule has 0 heterocycles. The van der Waals surface area contributed by atoms with E-state index in [2.05, 4.69) is 20.8 Å². The summed E-state index contributed by atoms with van der Waals surface area (Å²) in [6.07, 6.45) is 14.4. The van der Waals surface area contributed by atoms with Crippen LogP contribution in [0.4, 0.5) is 0 Å². The van der Waals surface area contributed by atoms with Crippen LogP contribution in [-0.4, -0.2) is 130 Å². The van der Waals surface area contributed by atoms with Gasteiger partial charge in [-0.1, -0.05) is 57.8 Å². The third-order valence-corrected chi connectivity index (χ3v) is 6.31. The fourth-order valence-corrected chi connectivity index (χ4v) is 3.98. The molecule has 0 aromatic heterocycles. The Balaban J connectivity index is 3.05. The highest BCUT2D eigenvalue weighted by Crippen LogP contribution is 2.13. The van der Waals surface area contributed by atoms with Gasteiger partial charge in [0.15, 0.2) is 0 Å². The van der Waals surface area contributed by atoms with Gasteiger partial charge < -0.3 is 47.7 Å². The van der Waals surface area contributed by atoms with Gasteiger partial charge in [0.25, 0.3) is 0 Å². The second-order valence-electron chi connectivity index (χ2n) is 11.5. The van der Waals surface area contributed by atoms with Crippen molar-refractivity contribution in [1.82, 2.24) is 0 Å². The highest BCUT2D eigenvalue weighted by Gasteiger charge is 2.08. The molecule has 0 unspecified atom stereocenters. The van der Waals surface area contributed by atoms with Crippen LogP contribution in [0.15, 0.2) is 0 Å². The Bertz CT molecular complexity index is 505. The molecule has 0 aromatic rings. The van der Waals surface area contributed by atoms with E-state index in [0.29, 0.717) is 99.1 Å². The monoisotopic (exact) mass is 624 g/mol. The summed E-state index contributed by atoms with van der Waals surface area (Å²) in [4.78, 5) is 0. The van der Waals surface area contributed by atoms with E-state index in [1.165, 1.54) is 64.2 Å². The number of unbranched alkanes of at least 4 members (excludes halogenated alkanes) is 10. The minimum Gasteiger partial charge on any atom is -0.394 e. The summed E-state index contributed by atoms with van der Waals surface area (Å²) in [5.74, 6) is 0. The molecule has 10 heteroatoms. The summed E-state index contributed by atoms with van der Waals surface area (Å²) in [5, 5.41) is 8.58. The first-order chi connectivity index (χ1) is 21.1. The van der Waals surface area contributed by atoms with Gasteiger partial charge in [0, 0.05) is 13.2 Å². The molecule has 0 aliphatic carbocycles. The average molecular weight is 625 g/mol. The zero-order chi connectivity index (χ0) is 31.4. The molecule has 0 atom stereocenters. The predicted octanol–water partition coefficient (Wildman–Crippen LogP) is 5.22. The van der Waals surface area contributed by atoms with Crippen LogP contribution in [0, 0.1) is 0 Å². The van der Waals surface area contributed by atoms with Crippen molar-refractivity contribution >= 4 is 0 Å². The summed E-state index contributed by atoms with van der Waals surface area (Å²) in [7, 11) is 0. The minimum atomic E-state index is 0.00112. The highest BCUT2D eigenvalue weighted by molar-refractivity contribution is 4.58. The van der Waals surface area contributed by atoms with Gasteiger partial charge in [0.1, 0.15) is 0 Å². The molecule has 0 saturated carbocycles. The number of hydrogen-bond donors (Lipinski definition) is 1. The highest BCUT2D eigenvalue weighted by atomic mass is 16.6. The quantitative estimate of drug-likeness (QED) is 0.0926. The fraction of sp³-hybridized carbons (Fsp3) is 1.00. The van der Waals surface area contributed by atoms with E-state index in [9.17, 15) is 0 Å². The lowest BCUT2D eigenvalue weighted by Gasteiger charge is -2.19. The number of aliphatic hydroxyl groups excluding tert-OH is 1. The van der Waals surface area contributed by atoms with Crippen molar-refractivity contribution in [2.24, 2.45) is 0 Å². The van der Waals surface area contributed by atoms with Crippen LogP contribution in [0.2, 0.25) is 0 Å². The summed E-state index contributed by atoms with van der Waals surface area (Å²) < 4.78 is 49.3. The Hall–Kier alpha value is -0.400. The van der Waals surface area contributed by atoms with Crippen LogP contribution < -0.4 is 0 Å². The SMILES string of the molecule is CC(C)(C)OCCCCCCCCCCCCCOCCOCCOCCOCCOCCOCCOCCOCCO. The molecule has 0 saturated heterocycles. The molecule has 0 amide bonds. The van der Waals surface area contributed by atoms with Crippen LogP contribution in [-0.2, 0) is 42.6 Å². The van der Waals surface area contributed by atoms with Gasteiger partial charge in [0.2, 0.25) is 0 Å². The van der Waals surface area contributed by atoms with Crippen molar-refractivity contribution in [3.63, 3.8) is 0 Å². The molecule has 0 bridgehead atoms. The Morgan fingerprint density at radius 1 is 0.302 bits per heavy atom. The van der Waals surface area contributed by atoms with E-state index in [1.807, 2.05) is 0 Å². The molecule has 10 nitrogen and oxygen atoms in total. The predicted molar refractivity (Wildman–Crippen MR) is 170 cm³/mol. The van der Waals surface area contributed by atoms with E-state index in [-0.39, 0.29) is 12.2 Å². The Kier molecular flexibility index (Phi) is 35.7. The first kappa shape index (κ1) is 42.6. The van der Waals surface area contributed by atoms with E-state index >= 15 is 0 Å². The summed E-state index contributed by atoms with van der Waals surface area (Å²) >= 11 is 0. The van der Waals surface area contributed by atoms with Gasteiger partial charge >= 0.3 is 0 Å². The zero-order valence-electron chi connectivity index (χ0n) is 28.1. The lowest BCUT2D eigenvalue weighted by atomic mass is 10.1. The van der Waals surface area contributed by atoms with Crippen LogP contribution in [0.5, 0.6) is 0 Å². The summed E-state index contributed by atoms with van der Waals surface area (Å²) in [6.45, 7) is 16.1. The molecular weight excluding hydrogens is 556 g/mol. The average Bonchev–Trinajstić information content (AvgIpc) is 2.98. The van der Waals surface area contributed by atoms with Crippen molar-refractivity contribution in [1.29, 1.82) is 0 Å². The molecule has 0 aromatic carbocycles. The number of hydrogen-bond acceptors (Lipinski definition) is 10. The first-order valence-electron chi connectivity index (χ1n) is 16.9. The molecule has 260 valence electrons. The lowest BCUT2D eigenvalue weighted by Crippen LogP contribution is -2.19. The van der Waals surface area contributed by atoms with Crippen molar-refractivity contribution in [2.45, 2.75) is 97.0 Å². The molecule has 43 heavy (non-hydrogen) atoms. The number of ether oxygens (including phenoxy) is 9. The number of rotatable bonds is 37. The molecule has 0 aliphatic heterocycles. The van der Waals surface area contributed by atoms with E-state index < -0.39 is 0 Å². The standard InChI is InChI=1S/C33H68O10/c1-33(2,3)43-17-14-12-10-8-6-4-5-7-9-11-13-16-35-19-21-37-23-25-39-27-29-41-31-32-42-30-28-40-26-24-38-22-20-36-18-15-34/h34H,4-32H2,1-3H3. The van der Waals surface area contributed by atoms with Gasteiger partial charge in [-0.3, -0.25) is 0 Å². The Morgan fingerprint density at radius 3 is 0.814 bits per heavy atom. The summed E-state index contributed by atoms with van der Waals surface area (Å²) in [5.41, 5.74) is 0.00112. The van der Waals surface area contributed by atoms with Crippen LogP contribution >= 0.6 is 0 Å². The molecule has 0 rings (SSSR count). The Morgan fingerprint density at radius 2 is 0.535 bits per heavy atom. The number of aliphatic hydroxyl groups is 1. The van der Waals surface area contributed by atoms with Gasteiger partial charge in [-0.2, -0.15) is 0 Å². The van der Waals surface area contributed by atoms with Gasteiger partial charge in [0.05, 0.1) is 111 Å². The maximum absolute atomic E-state index is 8.58. The topological polar surface area (TPSA) is 103 Å². The molecule has 0 fully saturated rings. The maximum Gasteiger partial charge on any atom is 0.0701 e. The van der Waals surface area contributed by atoms with Crippen molar-refractivity contribution < 1.29 is 47.7 Å². The second kappa shape index (κ2) is 36.1. The Labute approximate surface area is 263 Å². The summed E-state index contributed by atoms with van der Waals surface area (Å²) in [6, 6.07) is 0. The maximum atomic E-state index is 8.58. The van der Waals surface area contributed by atoms with Crippen molar-refractivity contribution in [2.75, 3.05) is 119 Å². The largest absolute Gasteiger partial charge is 0.394 e. The van der Waals surface area contributed by atoms with Crippen LogP contribution in [0.25, 0.3) is 0 Å². The third-order valence-electron chi connectivity index (χ3n) is 6.31. The lowest BCUT2D eigenvalue weighted by molar-refractivity contribution is -0.0238. The van der Waals surface area contributed by atoms with Gasteiger partial charge in [-0.15, -0.1) is 0 Å². The normalized spacial score (nSPS) is 12.0. The van der Waals surface area contributed by atoms with Crippen molar-refractivity contribution in [3.05, 3.63) is 0 Å². The molecule has 0 spiro atoms. The minimum absolute atomic E-state index is 0.00112. The van der Waals surface area contributed by atoms with E-state index in [1.54, 1.807) is 0 Å².